The lowest BCUT2D eigenvalue weighted by Gasteiger charge is -2.12. The third-order valence-corrected chi connectivity index (χ3v) is 4.74. The average Bonchev–Trinajstić information content (AvgIpc) is 2.60. The van der Waals surface area contributed by atoms with Crippen LogP contribution in [0.2, 0.25) is 0 Å². The number of hydrogen-bond acceptors (Lipinski definition) is 2. The van der Waals surface area contributed by atoms with Crippen LogP contribution in [0.1, 0.15) is 16.7 Å². The molecule has 3 rings (SSSR count). The second-order valence-corrected chi connectivity index (χ2v) is 7.59. The van der Waals surface area contributed by atoms with Gasteiger partial charge in [0.15, 0.2) is 0 Å². The standard InChI is InChI=1S/C21H16Br2FNO/c1-14-5-7-19(8-6-14)25-12-16-10-17(22)11-20(23)21(16)26-13-15-3-2-4-18(24)9-15/h2-12H,13H2,1H3. The highest BCUT2D eigenvalue weighted by Gasteiger charge is 2.10. The van der Waals surface area contributed by atoms with E-state index in [1.165, 1.54) is 17.7 Å². The molecule has 0 radical (unpaired) electrons. The molecule has 0 aliphatic carbocycles. The van der Waals surface area contributed by atoms with E-state index in [-0.39, 0.29) is 12.4 Å². The van der Waals surface area contributed by atoms with Crippen LogP contribution in [-0.4, -0.2) is 6.21 Å². The summed E-state index contributed by atoms with van der Waals surface area (Å²) >= 11 is 7.02. The van der Waals surface area contributed by atoms with Gasteiger partial charge in [-0.1, -0.05) is 45.8 Å². The first-order valence-corrected chi connectivity index (χ1v) is 9.57. The van der Waals surface area contributed by atoms with Crippen LogP contribution >= 0.6 is 31.9 Å². The van der Waals surface area contributed by atoms with E-state index >= 15 is 0 Å². The monoisotopic (exact) mass is 475 g/mol. The average molecular weight is 477 g/mol. The van der Waals surface area contributed by atoms with Crippen molar-refractivity contribution in [1.82, 2.24) is 0 Å². The van der Waals surface area contributed by atoms with E-state index in [9.17, 15) is 4.39 Å². The van der Waals surface area contributed by atoms with Gasteiger partial charge in [-0.05, 0) is 64.8 Å². The number of nitrogens with zero attached hydrogens (tertiary/aromatic N) is 1. The molecule has 0 unspecified atom stereocenters. The zero-order valence-corrected chi connectivity index (χ0v) is 17.2. The molecular weight excluding hydrogens is 461 g/mol. The zero-order chi connectivity index (χ0) is 18.5. The summed E-state index contributed by atoms with van der Waals surface area (Å²) < 4.78 is 21.0. The number of halogens is 3. The van der Waals surface area contributed by atoms with E-state index in [0.717, 1.165) is 25.8 Å². The van der Waals surface area contributed by atoms with Crippen LogP contribution in [0.5, 0.6) is 5.75 Å². The Morgan fingerprint density at radius 3 is 2.54 bits per heavy atom. The van der Waals surface area contributed by atoms with Crippen LogP contribution in [0, 0.1) is 12.7 Å². The molecule has 0 atom stereocenters. The van der Waals surface area contributed by atoms with E-state index in [1.54, 1.807) is 12.3 Å². The van der Waals surface area contributed by atoms with Gasteiger partial charge in [-0.2, -0.15) is 0 Å². The lowest BCUT2D eigenvalue weighted by atomic mass is 10.2. The fourth-order valence-electron chi connectivity index (χ4n) is 2.39. The SMILES string of the molecule is Cc1ccc(N=Cc2cc(Br)cc(Br)c2OCc2cccc(F)c2)cc1. The number of benzene rings is 3. The first kappa shape index (κ1) is 18.8. The van der Waals surface area contributed by atoms with Gasteiger partial charge in [0.25, 0.3) is 0 Å². The van der Waals surface area contributed by atoms with Gasteiger partial charge in [-0.15, -0.1) is 0 Å². The molecule has 0 saturated heterocycles. The summed E-state index contributed by atoms with van der Waals surface area (Å²) in [5.74, 6) is 0.385. The number of hydrogen-bond donors (Lipinski definition) is 0. The second-order valence-electron chi connectivity index (χ2n) is 5.82. The van der Waals surface area contributed by atoms with Crippen LogP contribution < -0.4 is 4.74 Å². The molecule has 0 aromatic heterocycles. The van der Waals surface area contributed by atoms with Crippen LogP contribution in [0.25, 0.3) is 0 Å². The van der Waals surface area contributed by atoms with Gasteiger partial charge in [-0.25, -0.2) is 4.39 Å². The molecule has 0 aliphatic rings. The minimum Gasteiger partial charge on any atom is -0.487 e. The lowest BCUT2D eigenvalue weighted by molar-refractivity contribution is 0.303. The van der Waals surface area contributed by atoms with Crippen molar-refractivity contribution < 1.29 is 9.13 Å². The summed E-state index contributed by atoms with van der Waals surface area (Å²) in [5.41, 5.74) is 3.64. The molecule has 0 saturated carbocycles. The maximum Gasteiger partial charge on any atom is 0.142 e. The molecule has 0 fully saturated rings. The van der Waals surface area contributed by atoms with E-state index in [1.807, 2.05) is 49.4 Å². The Kier molecular flexibility index (Phi) is 6.22. The minimum absolute atomic E-state index is 0.267. The summed E-state index contributed by atoms with van der Waals surface area (Å²) in [6, 6.07) is 18.2. The van der Waals surface area contributed by atoms with Crippen molar-refractivity contribution in [3.63, 3.8) is 0 Å². The molecule has 0 bridgehead atoms. The molecule has 3 aromatic rings. The summed E-state index contributed by atoms with van der Waals surface area (Å²) in [6.45, 7) is 2.31. The highest BCUT2D eigenvalue weighted by molar-refractivity contribution is 9.11. The quantitative estimate of drug-likeness (QED) is 0.363. The van der Waals surface area contributed by atoms with Crippen molar-refractivity contribution in [2.75, 3.05) is 0 Å². The maximum atomic E-state index is 13.3. The number of aliphatic imine (C=N–C) groups is 1. The summed E-state index contributed by atoms with van der Waals surface area (Å²) in [4.78, 5) is 4.52. The van der Waals surface area contributed by atoms with Crippen molar-refractivity contribution in [1.29, 1.82) is 0 Å². The first-order valence-electron chi connectivity index (χ1n) is 7.98. The molecule has 5 heteroatoms. The largest absolute Gasteiger partial charge is 0.487 e. The van der Waals surface area contributed by atoms with Gasteiger partial charge in [0.05, 0.1) is 10.2 Å². The van der Waals surface area contributed by atoms with Crippen molar-refractivity contribution >= 4 is 43.8 Å². The summed E-state index contributed by atoms with van der Waals surface area (Å²) in [5, 5.41) is 0. The fraction of sp³-hybridized carbons (Fsp3) is 0.0952. The Labute approximate surface area is 169 Å². The van der Waals surface area contributed by atoms with Gasteiger partial charge in [0.1, 0.15) is 18.2 Å². The van der Waals surface area contributed by atoms with Crippen LogP contribution in [0.3, 0.4) is 0 Å². The van der Waals surface area contributed by atoms with Crippen LogP contribution in [-0.2, 0) is 6.61 Å². The molecule has 26 heavy (non-hydrogen) atoms. The van der Waals surface area contributed by atoms with Gasteiger partial charge < -0.3 is 4.74 Å². The molecule has 0 heterocycles. The Balaban J connectivity index is 1.85. The zero-order valence-electron chi connectivity index (χ0n) is 14.0. The Bertz CT molecular complexity index is 939. The van der Waals surface area contributed by atoms with E-state index in [2.05, 4.69) is 36.9 Å². The van der Waals surface area contributed by atoms with E-state index in [0.29, 0.717) is 5.75 Å². The lowest BCUT2D eigenvalue weighted by Crippen LogP contribution is -2.00. The van der Waals surface area contributed by atoms with Crippen LogP contribution in [0.4, 0.5) is 10.1 Å². The molecule has 0 N–H and O–H groups in total. The topological polar surface area (TPSA) is 21.6 Å². The fourth-order valence-corrected chi connectivity index (χ4v) is 3.76. The van der Waals surface area contributed by atoms with Crippen molar-refractivity contribution in [2.45, 2.75) is 13.5 Å². The Morgan fingerprint density at radius 2 is 1.81 bits per heavy atom. The predicted octanol–water partition coefficient (Wildman–Crippen LogP) is 6.99. The molecule has 3 aromatic carbocycles. The van der Waals surface area contributed by atoms with Crippen LogP contribution in [0.15, 0.2) is 74.6 Å². The predicted molar refractivity (Wildman–Crippen MR) is 111 cm³/mol. The van der Waals surface area contributed by atoms with Gasteiger partial charge in [-0.3, -0.25) is 4.99 Å². The highest BCUT2D eigenvalue weighted by atomic mass is 79.9. The van der Waals surface area contributed by atoms with Gasteiger partial charge in [0, 0.05) is 16.3 Å². The van der Waals surface area contributed by atoms with Gasteiger partial charge in [0.2, 0.25) is 0 Å². The van der Waals surface area contributed by atoms with E-state index in [4.69, 9.17) is 4.74 Å². The Morgan fingerprint density at radius 1 is 1.04 bits per heavy atom. The number of rotatable bonds is 5. The smallest absolute Gasteiger partial charge is 0.142 e. The molecule has 2 nitrogen and oxygen atoms in total. The second kappa shape index (κ2) is 8.60. The molecule has 0 spiro atoms. The van der Waals surface area contributed by atoms with Crippen molar-refractivity contribution in [3.05, 3.63) is 92.1 Å². The Hall–Kier alpha value is -1.98. The first-order chi connectivity index (χ1) is 12.5. The molecule has 0 aliphatic heterocycles. The van der Waals surface area contributed by atoms with E-state index < -0.39 is 0 Å². The minimum atomic E-state index is -0.276. The summed E-state index contributed by atoms with van der Waals surface area (Å²) in [6.07, 6.45) is 1.76. The molecule has 0 amide bonds. The number of aryl methyl sites for hydroxylation is 1. The normalized spacial score (nSPS) is 11.1. The molecular formula is C21H16Br2FNO. The summed E-state index contributed by atoms with van der Waals surface area (Å²) in [7, 11) is 0. The number of ether oxygens (including phenoxy) is 1. The highest BCUT2D eigenvalue weighted by Crippen LogP contribution is 2.33. The molecule has 132 valence electrons. The maximum absolute atomic E-state index is 13.3. The van der Waals surface area contributed by atoms with Gasteiger partial charge >= 0.3 is 0 Å². The third-order valence-electron chi connectivity index (χ3n) is 3.70. The third kappa shape index (κ3) is 5.02. The van der Waals surface area contributed by atoms with Crippen molar-refractivity contribution in [2.24, 2.45) is 4.99 Å². The van der Waals surface area contributed by atoms with Crippen molar-refractivity contribution in [3.8, 4) is 5.75 Å².